The minimum absolute atomic E-state index is 0.0863. The third kappa shape index (κ3) is 2.50. The fraction of sp³-hybridized carbons (Fsp3) is 0.125. The molecular formula is C16H13FN2O2. The van der Waals surface area contributed by atoms with Crippen molar-refractivity contribution in [2.45, 2.75) is 6.92 Å². The lowest BCUT2D eigenvalue weighted by atomic mass is 10.1. The number of rotatable bonds is 3. The number of nitrogens with zero attached hydrogens (tertiary/aromatic N) is 2. The number of hydrogen-bond acceptors (Lipinski definition) is 3. The largest absolute Gasteiger partial charge is 0.454 e. The zero-order valence-electron chi connectivity index (χ0n) is 11.6. The average Bonchev–Trinajstić information content (AvgIpc) is 2.82. The quantitative estimate of drug-likeness (QED) is 0.689. The fourth-order valence-electron chi connectivity index (χ4n) is 2.13. The number of benzene rings is 2. The summed E-state index contributed by atoms with van der Waals surface area (Å²) in [4.78, 5) is 11.2. The van der Waals surface area contributed by atoms with Crippen molar-refractivity contribution >= 4 is 16.7 Å². The molecule has 0 spiro atoms. The van der Waals surface area contributed by atoms with E-state index in [-0.39, 0.29) is 11.5 Å². The van der Waals surface area contributed by atoms with Gasteiger partial charge in [-0.05, 0) is 43.3 Å². The van der Waals surface area contributed by atoms with Gasteiger partial charge in [-0.3, -0.25) is 9.48 Å². The Hall–Kier alpha value is -2.69. The summed E-state index contributed by atoms with van der Waals surface area (Å²) in [5, 5.41) is 5.05. The van der Waals surface area contributed by atoms with Crippen LogP contribution in [0.5, 0.6) is 11.5 Å². The maximum atomic E-state index is 13.9. The maximum absolute atomic E-state index is 13.9. The Balaban J connectivity index is 1.92. The van der Waals surface area contributed by atoms with Crippen molar-refractivity contribution in [1.29, 1.82) is 0 Å². The molecule has 0 atom stereocenters. The highest BCUT2D eigenvalue weighted by molar-refractivity contribution is 5.94. The van der Waals surface area contributed by atoms with E-state index >= 15 is 0 Å². The highest BCUT2D eigenvalue weighted by Crippen LogP contribution is 2.27. The van der Waals surface area contributed by atoms with Crippen molar-refractivity contribution in [1.82, 2.24) is 9.78 Å². The van der Waals surface area contributed by atoms with Gasteiger partial charge in [0.05, 0.1) is 11.7 Å². The zero-order chi connectivity index (χ0) is 15.0. The van der Waals surface area contributed by atoms with Gasteiger partial charge in [0.1, 0.15) is 5.75 Å². The van der Waals surface area contributed by atoms with Gasteiger partial charge in [-0.15, -0.1) is 0 Å². The molecule has 2 aromatic carbocycles. The van der Waals surface area contributed by atoms with Gasteiger partial charge in [-0.2, -0.15) is 5.10 Å². The number of carbonyl (C=O) groups is 1. The van der Waals surface area contributed by atoms with Gasteiger partial charge in [0.2, 0.25) is 0 Å². The van der Waals surface area contributed by atoms with Gasteiger partial charge in [0.25, 0.3) is 0 Å². The number of aryl methyl sites for hydroxylation is 1. The molecule has 0 N–H and O–H groups in total. The number of aromatic nitrogens is 2. The van der Waals surface area contributed by atoms with Crippen molar-refractivity contribution in [3.8, 4) is 11.5 Å². The Bertz CT molecular complexity index is 839. The smallest absolute Gasteiger partial charge is 0.166 e. The highest BCUT2D eigenvalue weighted by atomic mass is 19.1. The second kappa shape index (κ2) is 5.01. The molecule has 0 amide bonds. The number of Topliss-reactive ketones (excluding diaryl/α,β-unsaturated/α-hetero) is 1. The molecule has 0 aliphatic rings. The predicted molar refractivity (Wildman–Crippen MR) is 77.2 cm³/mol. The van der Waals surface area contributed by atoms with E-state index in [0.717, 1.165) is 10.9 Å². The first-order chi connectivity index (χ1) is 10.0. The van der Waals surface area contributed by atoms with Gasteiger partial charge in [0, 0.05) is 18.0 Å². The van der Waals surface area contributed by atoms with Crippen molar-refractivity contribution in [3.05, 3.63) is 54.0 Å². The zero-order valence-corrected chi connectivity index (χ0v) is 11.6. The molecule has 5 heteroatoms. The van der Waals surface area contributed by atoms with E-state index in [9.17, 15) is 9.18 Å². The third-order valence-corrected chi connectivity index (χ3v) is 3.28. The van der Waals surface area contributed by atoms with Gasteiger partial charge in [-0.25, -0.2) is 4.39 Å². The molecule has 0 fully saturated rings. The standard InChI is InChI=1S/C16H13FN2O2/c1-10(20)11-3-6-16(14(17)8-11)21-13-4-5-15-12(7-13)9-18-19(15)2/h3-9H,1-2H3. The first-order valence-electron chi connectivity index (χ1n) is 6.45. The van der Waals surface area contributed by atoms with Crippen LogP contribution in [-0.4, -0.2) is 15.6 Å². The Morgan fingerprint density at radius 3 is 2.76 bits per heavy atom. The van der Waals surface area contributed by atoms with Crippen LogP contribution in [0.3, 0.4) is 0 Å². The number of ketones is 1. The molecule has 0 bridgehead atoms. The minimum atomic E-state index is -0.561. The second-order valence-corrected chi connectivity index (χ2v) is 4.79. The third-order valence-electron chi connectivity index (χ3n) is 3.28. The lowest BCUT2D eigenvalue weighted by molar-refractivity contribution is 0.101. The van der Waals surface area contributed by atoms with Gasteiger partial charge in [0.15, 0.2) is 17.3 Å². The number of fused-ring (bicyclic) bond motifs is 1. The van der Waals surface area contributed by atoms with Gasteiger partial charge >= 0.3 is 0 Å². The molecular weight excluding hydrogens is 271 g/mol. The van der Waals surface area contributed by atoms with Crippen LogP contribution in [0.4, 0.5) is 4.39 Å². The average molecular weight is 284 g/mol. The van der Waals surface area contributed by atoms with Crippen LogP contribution in [0.1, 0.15) is 17.3 Å². The maximum Gasteiger partial charge on any atom is 0.166 e. The first-order valence-corrected chi connectivity index (χ1v) is 6.45. The second-order valence-electron chi connectivity index (χ2n) is 4.79. The molecule has 0 radical (unpaired) electrons. The molecule has 21 heavy (non-hydrogen) atoms. The monoisotopic (exact) mass is 284 g/mol. The van der Waals surface area contributed by atoms with Crippen LogP contribution in [-0.2, 0) is 7.05 Å². The molecule has 0 unspecified atom stereocenters. The number of halogens is 1. The summed E-state index contributed by atoms with van der Waals surface area (Å²) in [6.45, 7) is 1.39. The summed E-state index contributed by atoms with van der Waals surface area (Å²) in [6.07, 6.45) is 1.72. The first kappa shape index (κ1) is 13.3. The van der Waals surface area contributed by atoms with E-state index in [1.807, 2.05) is 13.1 Å². The molecule has 0 aliphatic heterocycles. The summed E-state index contributed by atoms with van der Waals surface area (Å²) in [5.41, 5.74) is 1.29. The van der Waals surface area contributed by atoms with Crippen molar-refractivity contribution < 1.29 is 13.9 Å². The summed E-state index contributed by atoms with van der Waals surface area (Å²) in [7, 11) is 1.85. The Kier molecular flexibility index (Phi) is 3.17. The lowest BCUT2D eigenvalue weighted by Gasteiger charge is -2.08. The van der Waals surface area contributed by atoms with E-state index in [2.05, 4.69) is 5.10 Å². The predicted octanol–water partition coefficient (Wildman–Crippen LogP) is 3.71. The number of carbonyl (C=O) groups excluding carboxylic acids is 1. The molecule has 3 rings (SSSR count). The summed E-state index contributed by atoms with van der Waals surface area (Å²) in [5.74, 6) is -0.139. The van der Waals surface area contributed by atoms with E-state index < -0.39 is 5.82 Å². The van der Waals surface area contributed by atoms with Crippen LogP contribution in [0.2, 0.25) is 0 Å². The van der Waals surface area contributed by atoms with E-state index in [1.165, 1.54) is 19.1 Å². The molecule has 3 aromatic rings. The van der Waals surface area contributed by atoms with E-state index in [1.54, 1.807) is 29.1 Å². The van der Waals surface area contributed by atoms with Crippen LogP contribution in [0.15, 0.2) is 42.6 Å². The summed E-state index contributed by atoms with van der Waals surface area (Å²) in [6, 6.07) is 9.59. The van der Waals surface area contributed by atoms with Gasteiger partial charge in [-0.1, -0.05) is 0 Å². The van der Waals surface area contributed by atoms with Crippen LogP contribution < -0.4 is 4.74 Å². The summed E-state index contributed by atoms with van der Waals surface area (Å²) >= 11 is 0. The lowest BCUT2D eigenvalue weighted by Crippen LogP contribution is -1.95. The van der Waals surface area contributed by atoms with E-state index in [0.29, 0.717) is 11.3 Å². The molecule has 1 heterocycles. The highest BCUT2D eigenvalue weighted by Gasteiger charge is 2.09. The van der Waals surface area contributed by atoms with Crippen molar-refractivity contribution in [3.63, 3.8) is 0 Å². The Morgan fingerprint density at radius 1 is 1.24 bits per heavy atom. The Labute approximate surface area is 120 Å². The molecule has 106 valence electrons. The van der Waals surface area contributed by atoms with Crippen LogP contribution >= 0.6 is 0 Å². The van der Waals surface area contributed by atoms with Crippen molar-refractivity contribution in [2.75, 3.05) is 0 Å². The topological polar surface area (TPSA) is 44.1 Å². The molecule has 1 aromatic heterocycles. The number of ether oxygens (including phenoxy) is 1. The Morgan fingerprint density at radius 2 is 2.05 bits per heavy atom. The van der Waals surface area contributed by atoms with Crippen LogP contribution in [0, 0.1) is 5.82 Å². The van der Waals surface area contributed by atoms with Crippen molar-refractivity contribution in [2.24, 2.45) is 7.05 Å². The molecule has 0 aliphatic carbocycles. The minimum Gasteiger partial charge on any atom is -0.454 e. The van der Waals surface area contributed by atoms with E-state index in [4.69, 9.17) is 4.74 Å². The SMILES string of the molecule is CC(=O)c1ccc(Oc2ccc3c(cnn3C)c2)c(F)c1. The molecule has 4 nitrogen and oxygen atoms in total. The van der Waals surface area contributed by atoms with Crippen LogP contribution in [0.25, 0.3) is 10.9 Å². The molecule has 0 saturated carbocycles. The normalized spacial score (nSPS) is 10.8. The summed E-state index contributed by atoms with van der Waals surface area (Å²) < 4.78 is 21.2. The van der Waals surface area contributed by atoms with Gasteiger partial charge < -0.3 is 4.74 Å². The molecule has 0 saturated heterocycles. The fourth-order valence-corrected chi connectivity index (χ4v) is 2.13. The number of hydrogen-bond donors (Lipinski definition) is 0.